The molecule has 0 fully saturated rings. The Hall–Kier alpha value is 1.55. The van der Waals surface area contributed by atoms with Crippen LogP contribution < -0.4 is 0 Å². The first-order valence-electron chi connectivity index (χ1n) is 1.53. The molecule has 0 saturated heterocycles. The van der Waals surface area contributed by atoms with Crippen molar-refractivity contribution in [2.24, 2.45) is 0 Å². The van der Waals surface area contributed by atoms with Gasteiger partial charge in [-0.2, -0.15) is 4.31 Å². The number of phosphoric acid groups is 2. The predicted octanol–water partition coefficient (Wildman–Crippen LogP) is -1.04. The van der Waals surface area contributed by atoms with Gasteiger partial charge in [0.2, 0.25) is 0 Å². The molecule has 0 aliphatic heterocycles. The zero-order valence-corrected chi connectivity index (χ0v) is 6.92. The maximum atomic E-state index is 9.63. The first-order valence-corrected chi connectivity index (χ1v) is 4.59. The summed E-state index contributed by atoms with van der Waals surface area (Å²) in [4.78, 5) is 31.0. The molecular weight excluding hydrogens is 232 g/mol. The molecule has 0 bridgehead atoms. The molecule has 0 rings (SSSR count). The first kappa shape index (κ1) is 18.4. The third-order valence-corrected chi connectivity index (χ3v) is 1.91. The van der Waals surface area contributed by atoms with Crippen LogP contribution in [0, 0.1) is 0 Å². The van der Waals surface area contributed by atoms with Crippen LogP contribution in [0.25, 0.3) is 0 Å². The quantitative estimate of drug-likeness (QED) is 0.358. The van der Waals surface area contributed by atoms with Gasteiger partial charge >= 0.3 is 45.2 Å². The summed E-state index contributed by atoms with van der Waals surface area (Å²) in [5, 5.41) is 0. The van der Waals surface area contributed by atoms with E-state index >= 15 is 0 Å². The van der Waals surface area contributed by atoms with E-state index in [0.29, 0.717) is 0 Å². The van der Waals surface area contributed by atoms with Crippen LogP contribution in [-0.4, -0.2) is 49.1 Å². The average molecular weight is 238 g/mol. The SMILES string of the molecule is Cl.O=P(O)(O)OP(=O)(O)O.[NaH]. The van der Waals surface area contributed by atoms with Gasteiger partial charge in [0.25, 0.3) is 0 Å². The molecule has 0 aromatic rings. The fourth-order valence-corrected chi connectivity index (χ4v) is 1.25. The van der Waals surface area contributed by atoms with Crippen LogP contribution in [0.2, 0.25) is 0 Å². The van der Waals surface area contributed by atoms with E-state index in [-0.39, 0.29) is 42.0 Å². The van der Waals surface area contributed by atoms with Gasteiger partial charge in [0.1, 0.15) is 0 Å². The molecule has 0 aromatic heterocycles. The van der Waals surface area contributed by atoms with Gasteiger partial charge in [0, 0.05) is 0 Å². The Balaban J connectivity index is -0.000000320. The monoisotopic (exact) mass is 238 g/mol. The molecule has 0 radical (unpaired) electrons. The van der Waals surface area contributed by atoms with Crippen LogP contribution in [0.15, 0.2) is 0 Å². The Morgan fingerprint density at radius 1 is 0.909 bits per heavy atom. The van der Waals surface area contributed by atoms with Gasteiger partial charge in [-0.3, -0.25) is 0 Å². The van der Waals surface area contributed by atoms with E-state index in [1.807, 2.05) is 0 Å². The molecule has 0 atom stereocenters. The Morgan fingerprint density at radius 2 is 1.09 bits per heavy atom. The van der Waals surface area contributed by atoms with Gasteiger partial charge in [-0.25, -0.2) is 9.13 Å². The van der Waals surface area contributed by atoms with Gasteiger partial charge in [-0.1, -0.05) is 0 Å². The second-order valence-electron chi connectivity index (χ2n) is 1.06. The van der Waals surface area contributed by atoms with Crippen LogP contribution >= 0.6 is 28.1 Å². The molecule has 0 heterocycles. The summed E-state index contributed by atoms with van der Waals surface area (Å²) in [6, 6.07) is 0. The third-order valence-electron chi connectivity index (χ3n) is 0.213. The van der Waals surface area contributed by atoms with Crippen molar-refractivity contribution in [3.05, 3.63) is 0 Å². The molecule has 0 aromatic carbocycles. The van der Waals surface area contributed by atoms with Crippen LogP contribution in [0.1, 0.15) is 0 Å². The Bertz CT molecular complexity index is 157. The topological polar surface area (TPSA) is 124 Å². The Labute approximate surface area is 90.3 Å². The first-order chi connectivity index (χ1) is 3.71. The fourth-order valence-electron chi connectivity index (χ4n) is 0.139. The van der Waals surface area contributed by atoms with Crippen LogP contribution in [0.4, 0.5) is 0 Å². The summed E-state index contributed by atoms with van der Waals surface area (Å²) in [7, 11) is -10.1. The zero-order valence-electron chi connectivity index (χ0n) is 4.32. The second-order valence-corrected chi connectivity index (χ2v) is 3.68. The summed E-state index contributed by atoms with van der Waals surface area (Å²) >= 11 is 0. The van der Waals surface area contributed by atoms with E-state index in [0.717, 1.165) is 0 Å². The third kappa shape index (κ3) is 18.5. The van der Waals surface area contributed by atoms with Gasteiger partial charge in [0.05, 0.1) is 0 Å². The van der Waals surface area contributed by atoms with Gasteiger partial charge in [-0.15, -0.1) is 12.4 Å². The summed E-state index contributed by atoms with van der Waals surface area (Å²) in [6.07, 6.45) is 0. The Kier molecular flexibility index (Phi) is 10.1. The predicted molar refractivity (Wildman–Crippen MR) is 39.6 cm³/mol. The maximum absolute atomic E-state index is 9.63. The summed E-state index contributed by atoms with van der Waals surface area (Å²) in [6.45, 7) is 0. The normalized spacial score (nSPS) is 11.3. The van der Waals surface area contributed by atoms with Crippen molar-refractivity contribution in [2.75, 3.05) is 0 Å². The molecule has 11 heteroatoms. The van der Waals surface area contributed by atoms with Gasteiger partial charge in [-0.05, 0) is 0 Å². The molecule has 66 valence electrons. The summed E-state index contributed by atoms with van der Waals surface area (Å²) < 4.78 is 22.2. The fraction of sp³-hybridized carbons (Fsp3) is 0. The van der Waals surface area contributed by atoms with E-state index in [4.69, 9.17) is 19.6 Å². The van der Waals surface area contributed by atoms with Crippen LogP contribution in [0.5, 0.6) is 0 Å². The molecule has 0 unspecified atom stereocenters. The molecule has 0 aliphatic carbocycles. The molecule has 7 nitrogen and oxygen atoms in total. The van der Waals surface area contributed by atoms with E-state index in [1.54, 1.807) is 0 Å². The van der Waals surface area contributed by atoms with E-state index in [1.165, 1.54) is 0 Å². The zero-order chi connectivity index (χ0) is 7.71. The van der Waals surface area contributed by atoms with Crippen molar-refractivity contribution in [2.45, 2.75) is 0 Å². The minimum atomic E-state index is -5.05. The molecular formula is H6ClNaO7P2. The van der Waals surface area contributed by atoms with Gasteiger partial charge < -0.3 is 19.6 Å². The molecule has 4 N–H and O–H groups in total. The van der Waals surface area contributed by atoms with Crippen LogP contribution in [-0.2, 0) is 13.4 Å². The molecule has 0 aliphatic rings. The van der Waals surface area contributed by atoms with E-state index in [9.17, 15) is 9.13 Å². The van der Waals surface area contributed by atoms with E-state index in [2.05, 4.69) is 4.31 Å². The van der Waals surface area contributed by atoms with Crippen molar-refractivity contribution < 1.29 is 33.0 Å². The van der Waals surface area contributed by atoms with E-state index < -0.39 is 15.6 Å². The molecule has 0 amide bonds. The van der Waals surface area contributed by atoms with Crippen molar-refractivity contribution in [1.29, 1.82) is 0 Å². The number of rotatable bonds is 2. The Morgan fingerprint density at radius 3 is 1.09 bits per heavy atom. The summed E-state index contributed by atoms with van der Waals surface area (Å²) in [5.41, 5.74) is 0. The van der Waals surface area contributed by atoms with Crippen molar-refractivity contribution in [3.63, 3.8) is 0 Å². The summed E-state index contributed by atoms with van der Waals surface area (Å²) in [5.74, 6) is 0. The second kappa shape index (κ2) is 6.07. The average Bonchev–Trinajstić information content (AvgIpc) is 1.14. The minimum absolute atomic E-state index is 0. The van der Waals surface area contributed by atoms with Crippen molar-refractivity contribution in [1.82, 2.24) is 0 Å². The molecule has 11 heavy (non-hydrogen) atoms. The van der Waals surface area contributed by atoms with Crippen molar-refractivity contribution in [3.8, 4) is 0 Å². The molecule has 0 saturated carbocycles. The van der Waals surface area contributed by atoms with Crippen molar-refractivity contribution >= 4 is 57.6 Å². The standard InChI is InChI=1S/ClH.Na.H4O7P2.H/c;;1-8(2,3)7-9(4,5)6;/h1H;;(H2,1,2,3)(H2,4,5,6);. The number of halogens is 1. The molecule has 0 spiro atoms. The number of hydrogen-bond acceptors (Lipinski definition) is 3. The number of hydrogen-bond donors (Lipinski definition) is 4. The van der Waals surface area contributed by atoms with Crippen LogP contribution in [0.3, 0.4) is 0 Å². The van der Waals surface area contributed by atoms with Gasteiger partial charge in [0.15, 0.2) is 0 Å².